The molecule has 14 heavy (non-hydrogen) atoms. The highest BCUT2D eigenvalue weighted by Crippen LogP contribution is 2.28. The molecule has 1 unspecified atom stereocenters. The third-order valence-electron chi connectivity index (χ3n) is 2.05. The maximum Gasteiger partial charge on any atom is 0.338 e. The summed E-state index contributed by atoms with van der Waals surface area (Å²) in [6.45, 7) is 1.84. The first-order valence-corrected chi connectivity index (χ1v) is 5.41. The molecule has 1 N–H and O–H groups in total. The van der Waals surface area contributed by atoms with Gasteiger partial charge in [0.1, 0.15) is 5.82 Å². The van der Waals surface area contributed by atoms with Crippen LogP contribution < -0.4 is 0 Å². The summed E-state index contributed by atoms with van der Waals surface area (Å²) in [5, 5.41) is 8.66. The molecule has 1 aromatic carbocycles. The number of hydrogen-bond acceptors (Lipinski definition) is 2. The predicted molar refractivity (Wildman–Crippen MR) is 55.3 cm³/mol. The quantitative estimate of drug-likeness (QED) is 0.840. The van der Waals surface area contributed by atoms with Crippen LogP contribution in [-0.4, -0.2) is 17.3 Å². The molecule has 0 saturated heterocycles. The van der Waals surface area contributed by atoms with E-state index in [4.69, 9.17) is 5.11 Å². The molecule has 0 bridgehead atoms. The Hall–Kier alpha value is -1.03. The molecule has 0 spiro atoms. The van der Waals surface area contributed by atoms with Crippen molar-refractivity contribution in [2.45, 2.75) is 12.2 Å². The zero-order valence-electron chi connectivity index (χ0n) is 7.95. The van der Waals surface area contributed by atoms with E-state index in [1.165, 1.54) is 17.8 Å². The lowest BCUT2D eigenvalue weighted by molar-refractivity contribution is 0.0691. The molecule has 0 aliphatic carbocycles. The lowest BCUT2D eigenvalue weighted by atomic mass is 10.1. The number of halogens is 1. The van der Waals surface area contributed by atoms with Crippen molar-refractivity contribution in [1.82, 2.24) is 0 Å². The standard InChI is InChI=1S/C10H11FO2S/c1-6(14-2)7-4-3-5-8(9(7)11)10(12)13/h3-6H,1-2H3,(H,12,13). The Balaban J connectivity index is 3.20. The van der Waals surface area contributed by atoms with E-state index in [0.29, 0.717) is 5.56 Å². The number of carboxylic acid groups (broad SMARTS) is 1. The topological polar surface area (TPSA) is 37.3 Å². The van der Waals surface area contributed by atoms with Gasteiger partial charge in [-0.2, -0.15) is 11.8 Å². The van der Waals surface area contributed by atoms with E-state index in [-0.39, 0.29) is 10.8 Å². The van der Waals surface area contributed by atoms with E-state index in [2.05, 4.69) is 0 Å². The van der Waals surface area contributed by atoms with E-state index in [1.54, 1.807) is 12.1 Å². The van der Waals surface area contributed by atoms with Crippen LogP contribution in [0.2, 0.25) is 0 Å². The first kappa shape index (κ1) is 11.0. The molecule has 0 radical (unpaired) electrons. The lowest BCUT2D eigenvalue weighted by Crippen LogP contribution is -2.04. The molecule has 76 valence electrons. The number of benzene rings is 1. The van der Waals surface area contributed by atoms with Crippen molar-refractivity contribution >= 4 is 17.7 Å². The number of hydrogen-bond donors (Lipinski definition) is 1. The first-order chi connectivity index (χ1) is 6.57. The number of aromatic carboxylic acids is 1. The van der Waals surface area contributed by atoms with Crippen LogP contribution >= 0.6 is 11.8 Å². The van der Waals surface area contributed by atoms with E-state index >= 15 is 0 Å². The van der Waals surface area contributed by atoms with Crippen molar-refractivity contribution in [2.75, 3.05) is 6.26 Å². The summed E-state index contributed by atoms with van der Waals surface area (Å²) in [5.41, 5.74) is 0.181. The van der Waals surface area contributed by atoms with Gasteiger partial charge in [-0.1, -0.05) is 12.1 Å². The normalized spacial score (nSPS) is 12.5. The van der Waals surface area contributed by atoms with Crippen LogP contribution in [0.3, 0.4) is 0 Å². The van der Waals surface area contributed by atoms with Gasteiger partial charge in [-0.3, -0.25) is 0 Å². The van der Waals surface area contributed by atoms with Gasteiger partial charge in [0.15, 0.2) is 0 Å². The summed E-state index contributed by atoms with van der Waals surface area (Å²) in [7, 11) is 0. The number of carbonyl (C=O) groups is 1. The van der Waals surface area contributed by atoms with Gasteiger partial charge in [-0.25, -0.2) is 9.18 Å². The van der Waals surface area contributed by atoms with Crippen molar-refractivity contribution < 1.29 is 14.3 Å². The molecule has 1 aromatic rings. The van der Waals surface area contributed by atoms with Crippen LogP contribution in [0.1, 0.15) is 28.1 Å². The lowest BCUT2D eigenvalue weighted by Gasteiger charge is -2.10. The van der Waals surface area contributed by atoms with E-state index in [0.717, 1.165) is 0 Å². The minimum Gasteiger partial charge on any atom is -0.478 e. The minimum absolute atomic E-state index is 0.0331. The van der Waals surface area contributed by atoms with Gasteiger partial charge in [-0.15, -0.1) is 0 Å². The number of carboxylic acids is 1. The Labute approximate surface area is 86.1 Å². The Bertz CT molecular complexity index is 352. The van der Waals surface area contributed by atoms with Gasteiger partial charge in [0.25, 0.3) is 0 Å². The Morgan fingerprint density at radius 1 is 1.57 bits per heavy atom. The molecule has 0 aromatic heterocycles. The van der Waals surface area contributed by atoms with Gasteiger partial charge in [0, 0.05) is 10.8 Å². The second-order valence-corrected chi connectivity index (χ2v) is 4.07. The monoisotopic (exact) mass is 214 g/mol. The highest BCUT2D eigenvalue weighted by molar-refractivity contribution is 7.98. The van der Waals surface area contributed by atoms with Gasteiger partial charge in [0.05, 0.1) is 5.56 Å². The van der Waals surface area contributed by atoms with E-state index < -0.39 is 11.8 Å². The van der Waals surface area contributed by atoms with E-state index in [1.807, 2.05) is 13.2 Å². The highest BCUT2D eigenvalue weighted by atomic mass is 32.2. The fraction of sp³-hybridized carbons (Fsp3) is 0.300. The summed E-state index contributed by atoms with van der Waals surface area (Å²) in [5.74, 6) is -1.85. The first-order valence-electron chi connectivity index (χ1n) is 4.12. The Kier molecular flexibility index (Phi) is 3.52. The Morgan fingerprint density at radius 3 is 2.71 bits per heavy atom. The molecule has 0 heterocycles. The van der Waals surface area contributed by atoms with Crippen molar-refractivity contribution in [1.29, 1.82) is 0 Å². The third kappa shape index (κ3) is 2.07. The molecular weight excluding hydrogens is 203 g/mol. The van der Waals surface area contributed by atoms with Crippen LogP contribution in [0.25, 0.3) is 0 Å². The average molecular weight is 214 g/mol. The van der Waals surface area contributed by atoms with Crippen molar-refractivity contribution in [3.8, 4) is 0 Å². The molecule has 1 atom stereocenters. The zero-order chi connectivity index (χ0) is 10.7. The van der Waals surface area contributed by atoms with Crippen LogP contribution in [0.15, 0.2) is 18.2 Å². The summed E-state index contributed by atoms with van der Waals surface area (Å²) in [6, 6.07) is 4.45. The van der Waals surface area contributed by atoms with Crippen LogP contribution in [0.4, 0.5) is 4.39 Å². The third-order valence-corrected chi connectivity index (χ3v) is 3.01. The SMILES string of the molecule is CSC(C)c1cccc(C(=O)O)c1F. The molecule has 0 aliphatic heterocycles. The van der Waals surface area contributed by atoms with Crippen molar-refractivity contribution in [3.63, 3.8) is 0 Å². The summed E-state index contributed by atoms with van der Waals surface area (Å²) < 4.78 is 13.6. The predicted octanol–water partition coefficient (Wildman–Crippen LogP) is 2.95. The van der Waals surface area contributed by atoms with Gasteiger partial charge < -0.3 is 5.11 Å². The smallest absolute Gasteiger partial charge is 0.338 e. The molecule has 0 aliphatic rings. The molecule has 0 amide bonds. The fourth-order valence-corrected chi connectivity index (χ4v) is 1.59. The van der Waals surface area contributed by atoms with Gasteiger partial charge in [0.2, 0.25) is 0 Å². The molecular formula is C10H11FO2S. The molecule has 4 heteroatoms. The second kappa shape index (κ2) is 4.46. The summed E-state index contributed by atoms with van der Waals surface area (Å²) in [6.07, 6.45) is 1.86. The number of rotatable bonds is 3. The summed E-state index contributed by atoms with van der Waals surface area (Å²) in [4.78, 5) is 10.6. The largest absolute Gasteiger partial charge is 0.478 e. The molecule has 2 nitrogen and oxygen atoms in total. The molecule has 0 fully saturated rings. The van der Waals surface area contributed by atoms with E-state index in [9.17, 15) is 9.18 Å². The molecule has 1 rings (SSSR count). The van der Waals surface area contributed by atoms with Gasteiger partial charge >= 0.3 is 5.97 Å². The van der Waals surface area contributed by atoms with Crippen molar-refractivity contribution in [3.05, 3.63) is 35.1 Å². The highest BCUT2D eigenvalue weighted by Gasteiger charge is 2.16. The Morgan fingerprint density at radius 2 is 2.21 bits per heavy atom. The summed E-state index contributed by atoms with van der Waals surface area (Å²) >= 11 is 1.48. The average Bonchev–Trinajstić information content (AvgIpc) is 2.16. The molecule has 0 saturated carbocycles. The fourth-order valence-electron chi connectivity index (χ4n) is 1.16. The maximum absolute atomic E-state index is 13.6. The van der Waals surface area contributed by atoms with Crippen LogP contribution in [0.5, 0.6) is 0 Å². The van der Waals surface area contributed by atoms with Crippen LogP contribution in [-0.2, 0) is 0 Å². The van der Waals surface area contributed by atoms with Crippen molar-refractivity contribution in [2.24, 2.45) is 0 Å². The minimum atomic E-state index is -1.22. The van der Waals surface area contributed by atoms with Crippen LogP contribution in [0, 0.1) is 5.82 Å². The van der Waals surface area contributed by atoms with Gasteiger partial charge in [-0.05, 0) is 19.2 Å². The number of thioether (sulfide) groups is 1. The zero-order valence-corrected chi connectivity index (χ0v) is 8.77. The second-order valence-electron chi connectivity index (χ2n) is 2.89. The maximum atomic E-state index is 13.6.